The van der Waals surface area contributed by atoms with Crippen LogP contribution in [0.3, 0.4) is 0 Å². The summed E-state index contributed by atoms with van der Waals surface area (Å²) >= 11 is 0. The smallest absolute Gasteiger partial charge is 0.0483 e. The molecule has 2 heteroatoms. The number of fused-ring (bicyclic) bond motifs is 1. The molecule has 0 aliphatic heterocycles. The average molecular weight is 230 g/mol. The molecule has 0 amide bonds. The monoisotopic (exact) mass is 230 g/mol. The number of nitrogens with one attached hydrogen (secondary N) is 1. The molecule has 0 atom stereocenters. The summed E-state index contributed by atoms with van der Waals surface area (Å²) in [7, 11) is 0. The van der Waals surface area contributed by atoms with Crippen LogP contribution < -0.4 is 5.32 Å². The SMILES string of the molecule is CCNCc1cn(CC(C)C)c2ccccc12. The lowest BCUT2D eigenvalue weighted by Crippen LogP contribution is -2.11. The molecule has 1 aromatic carbocycles. The van der Waals surface area contributed by atoms with Crippen LogP contribution in [-0.4, -0.2) is 11.1 Å². The number of rotatable bonds is 5. The lowest BCUT2D eigenvalue weighted by Gasteiger charge is -2.07. The van der Waals surface area contributed by atoms with Crippen molar-refractivity contribution in [2.24, 2.45) is 5.92 Å². The van der Waals surface area contributed by atoms with E-state index in [-0.39, 0.29) is 0 Å². The van der Waals surface area contributed by atoms with Gasteiger partial charge in [-0.25, -0.2) is 0 Å². The van der Waals surface area contributed by atoms with Crippen molar-refractivity contribution in [2.75, 3.05) is 6.54 Å². The van der Waals surface area contributed by atoms with E-state index >= 15 is 0 Å². The quantitative estimate of drug-likeness (QED) is 0.833. The van der Waals surface area contributed by atoms with Crippen LogP contribution in [-0.2, 0) is 13.1 Å². The standard InChI is InChI=1S/C15H22N2/c1-4-16-9-13-11-17(10-12(2)3)15-8-6-5-7-14(13)15/h5-8,11-12,16H,4,9-10H2,1-3H3. The van der Waals surface area contributed by atoms with E-state index in [1.165, 1.54) is 16.5 Å². The zero-order valence-corrected chi connectivity index (χ0v) is 11.0. The minimum Gasteiger partial charge on any atom is -0.347 e. The second-order valence-electron chi connectivity index (χ2n) is 5.00. The van der Waals surface area contributed by atoms with Gasteiger partial charge in [-0.05, 0) is 24.1 Å². The maximum Gasteiger partial charge on any atom is 0.0483 e. The number of aromatic nitrogens is 1. The topological polar surface area (TPSA) is 17.0 Å². The van der Waals surface area contributed by atoms with E-state index in [2.05, 4.69) is 61.1 Å². The van der Waals surface area contributed by atoms with Gasteiger partial charge in [0, 0.05) is 30.2 Å². The molecule has 0 aliphatic carbocycles. The van der Waals surface area contributed by atoms with Crippen LogP contribution in [0.5, 0.6) is 0 Å². The van der Waals surface area contributed by atoms with E-state index in [0.29, 0.717) is 5.92 Å². The van der Waals surface area contributed by atoms with Crippen molar-refractivity contribution in [2.45, 2.75) is 33.9 Å². The number of hydrogen-bond donors (Lipinski definition) is 1. The minimum atomic E-state index is 0.679. The van der Waals surface area contributed by atoms with Crippen LogP contribution in [0.25, 0.3) is 10.9 Å². The van der Waals surface area contributed by atoms with Gasteiger partial charge in [0.1, 0.15) is 0 Å². The number of hydrogen-bond acceptors (Lipinski definition) is 1. The van der Waals surface area contributed by atoms with Crippen LogP contribution in [0.4, 0.5) is 0 Å². The van der Waals surface area contributed by atoms with Crippen LogP contribution in [0.15, 0.2) is 30.5 Å². The molecule has 2 rings (SSSR count). The first kappa shape index (κ1) is 12.2. The Bertz CT molecular complexity index is 483. The van der Waals surface area contributed by atoms with Gasteiger partial charge in [-0.1, -0.05) is 39.0 Å². The highest BCUT2D eigenvalue weighted by Crippen LogP contribution is 2.22. The van der Waals surface area contributed by atoms with Crippen LogP contribution >= 0.6 is 0 Å². The van der Waals surface area contributed by atoms with Crippen LogP contribution in [0.2, 0.25) is 0 Å². The molecule has 0 saturated carbocycles. The molecule has 92 valence electrons. The highest BCUT2D eigenvalue weighted by Gasteiger charge is 2.08. The summed E-state index contributed by atoms with van der Waals surface area (Å²) < 4.78 is 2.38. The molecule has 2 aromatic rings. The summed E-state index contributed by atoms with van der Waals surface area (Å²) in [5.74, 6) is 0.679. The Morgan fingerprint density at radius 2 is 2.00 bits per heavy atom. The second-order valence-corrected chi connectivity index (χ2v) is 5.00. The molecule has 1 heterocycles. The average Bonchev–Trinajstić information content (AvgIpc) is 2.65. The molecule has 1 aromatic heterocycles. The van der Waals surface area contributed by atoms with E-state index in [4.69, 9.17) is 0 Å². The van der Waals surface area contributed by atoms with Gasteiger partial charge < -0.3 is 9.88 Å². The molecule has 0 bridgehead atoms. The van der Waals surface area contributed by atoms with Gasteiger partial charge in [0.05, 0.1) is 0 Å². The molecule has 0 radical (unpaired) electrons. The van der Waals surface area contributed by atoms with Gasteiger partial charge in [-0.3, -0.25) is 0 Å². The van der Waals surface area contributed by atoms with Crippen molar-refractivity contribution in [3.8, 4) is 0 Å². The van der Waals surface area contributed by atoms with Gasteiger partial charge in [0.25, 0.3) is 0 Å². The lowest BCUT2D eigenvalue weighted by atomic mass is 10.2. The summed E-state index contributed by atoms with van der Waals surface area (Å²) in [6, 6.07) is 8.68. The van der Waals surface area contributed by atoms with E-state index < -0.39 is 0 Å². The van der Waals surface area contributed by atoms with Crippen molar-refractivity contribution in [1.82, 2.24) is 9.88 Å². The minimum absolute atomic E-state index is 0.679. The molecule has 17 heavy (non-hydrogen) atoms. The highest BCUT2D eigenvalue weighted by molar-refractivity contribution is 5.83. The first-order valence-corrected chi connectivity index (χ1v) is 6.49. The predicted molar refractivity (Wildman–Crippen MR) is 74.2 cm³/mol. The maximum absolute atomic E-state index is 3.41. The maximum atomic E-state index is 3.41. The van der Waals surface area contributed by atoms with Crippen LogP contribution in [0.1, 0.15) is 26.3 Å². The van der Waals surface area contributed by atoms with Crippen molar-refractivity contribution in [1.29, 1.82) is 0 Å². The van der Waals surface area contributed by atoms with Crippen molar-refractivity contribution in [3.63, 3.8) is 0 Å². The molecule has 0 fully saturated rings. The molecule has 0 aliphatic rings. The van der Waals surface area contributed by atoms with Gasteiger partial charge in [0.15, 0.2) is 0 Å². The molecule has 1 N–H and O–H groups in total. The van der Waals surface area contributed by atoms with E-state index in [1.54, 1.807) is 0 Å². The van der Waals surface area contributed by atoms with Gasteiger partial charge in [-0.2, -0.15) is 0 Å². The third-order valence-corrected chi connectivity index (χ3v) is 3.00. The second kappa shape index (κ2) is 5.37. The van der Waals surface area contributed by atoms with Gasteiger partial charge in [-0.15, -0.1) is 0 Å². The Kier molecular flexibility index (Phi) is 3.85. The Hall–Kier alpha value is -1.28. The normalized spacial score (nSPS) is 11.5. The molecule has 0 spiro atoms. The first-order chi connectivity index (χ1) is 8.22. The Morgan fingerprint density at radius 3 is 2.71 bits per heavy atom. The fourth-order valence-corrected chi connectivity index (χ4v) is 2.27. The third-order valence-electron chi connectivity index (χ3n) is 3.00. The summed E-state index contributed by atoms with van der Waals surface area (Å²) in [6.45, 7) is 9.74. The first-order valence-electron chi connectivity index (χ1n) is 6.49. The molecular formula is C15H22N2. The fourth-order valence-electron chi connectivity index (χ4n) is 2.27. The van der Waals surface area contributed by atoms with E-state index in [1.807, 2.05) is 0 Å². The number of benzene rings is 1. The number of para-hydroxylation sites is 1. The largest absolute Gasteiger partial charge is 0.347 e. The van der Waals surface area contributed by atoms with E-state index in [0.717, 1.165) is 19.6 Å². The van der Waals surface area contributed by atoms with Crippen molar-refractivity contribution >= 4 is 10.9 Å². The molecular weight excluding hydrogens is 208 g/mol. The molecule has 0 saturated heterocycles. The molecule has 0 unspecified atom stereocenters. The van der Waals surface area contributed by atoms with Crippen molar-refractivity contribution < 1.29 is 0 Å². The highest BCUT2D eigenvalue weighted by atomic mass is 15.0. The predicted octanol–water partition coefficient (Wildman–Crippen LogP) is 3.41. The Morgan fingerprint density at radius 1 is 1.24 bits per heavy atom. The third kappa shape index (κ3) is 2.70. The van der Waals surface area contributed by atoms with Crippen LogP contribution in [0, 0.1) is 5.92 Å². The van der Waals surface area contributed by atoms with Gasteiger partial charge in [0.2, 0.25) is 0 Å². The summed E-state index contributed by atoms with van der Waals surface area (Å²) in [5.41, 5.74) is 2.76. The van der Waals surface area contributed by atoms with Gasteiger partial charge >= 0.3 is 0 Å². The summed E-state index contributed by atoms with van der Waals surface area (Å²) in [4.78, 5) is 0. The zero-order chi connectivity index (χ0) is 12.3. The zero-order valence-electron chi connectivity index (χ0n) is 11.0. The number of nitrogens with zero attached hydrogens (tertiary/aromatic N) is 1. The van der Waals surface area contributed by atoms with Crippen molar-refractivity contribution in [3.05, 3.63) is 36.0 Å². The molecule has 2 nitrogen and oxygen atoms in total. The van der Waals surface area contributed by atoms with E-state index in [9.17, 15) is 0 Å². The lowest BCUT2D eigenvalue weighted by molar-refractivity contribution is 0.534. The Labute approximate surface area is 104 Å². The summed E-state index contributed by atoms with van der Waals surface area (Å²) in [6.07, 6.45) is 2.30. The Balaban J connectivity index is 2.39. The fraction of sp³-hybridized carbons (Fsp3) is 0.467. The summed E-state index contributed by atoms with van der Waals surface area (Å²) in [5, 5.41) is 4.79.